The zero-order valence-electron chi connectivity index (χ0n) is 16.0. The predicted octanol–water partition coefficient (Wildman–Crippen LogP) is 2.03. The Morgan fingerprint density at radius 3 is 2.68 bits per heavy atom. The van der Waals surface area contributed by atoms with E-state index in [4.69, 9.17) is 0 Å². The summed E-state index contributed by atoms with van der Waals surface area (Å²) in [5.41, 5.74) is 1.49. The van der Waals surface area contributed by atoms with Crippen LogP contribution in [-0.2, 0) is 11.3 Å². The van der Waals surface area contributed by atoms with Gasteiger partial charge in [-0.15, -0.1) is 11.3 Å². The highest BCUT2D eigenvalue weighted by Gasteiger charge is 2.45. The van der Waals surface area contributed by atoms with Crippen molar-refractivity contribution in [2.75, 3.05) is 19.6 Å². The zero-order chi connectivity index (χ0) is 19.9. The number of hydrogen-bond acceptors (Lipinski definition) is 6. The molecule has 2 aliphatic heterocycles. The van der Waals surface area contributed by atoms with Crippen molar-refractivity contribution in [1.29, 1.82) is 0 Å². The minimum Gasteiger partial charge on any atom is -0.337 e. The SMILES string of the molecule is CC(=O)c1cc(C(=O)N2CCC3(CC2)CC(=O)N(Cc2csc(C)n2)C3)[nH]n1. The lowest BCUT2D eigenvalue weighted by Crippen LogP contribution is -2.44. The molecule has 2 aliphatic rings. The van der Waals surface area contributed by atoms with Crippen LogP contribution >= 0.6 is 11.3 Å². The Labute approximate surface area is 166 Å². The third-order valence-electron chi connectivity index (χ3n) is 5.70. The van der Waals surface area contributed by atoms with Gasteiger partial charge in [0.05, 0.1) is 17.2 Å². The standard InChI is InChI=1S/C19H23N5O3S/c1-12(25)15-7-16(22-21-15)18(27)23-5-3-19(4-6-23)8-17(26)24(11-19)9-14-10-28-13(2)20-14/h7,10H,3-6,8-9,11H2,1-2H3,(H,21,22). The summed E-state index contributed by atoms with van der Waals surface area (Å²) in [4.78, 5) is 44.7. The third-order valence-corrected chi connectivity index (χ3v) is 6.53. The number of nitrogens with one attached hydrogen (secondary N) is 1. The summed E-state index contributed by atoms with van der Waals surface area (Å²) in [6.45, 7) is 5.88. The van der Waals surface area contributed by atoms with Crippen molar-refractivity contribution in [2.45, 2.75) is 39.7 Å². The van der Waals surface area contributed by atoms with Crippen molar-refractivity contribution in [3.05, 3.63) is 33.5 Å². The molecule has 2 aromatic rings. The number of thiazole rings is 1. The van der Waals surface area contributed by atoms with E-state index in [1.807, 2.05) is 17.2 Å². The molecular formula is C19H23N5O3S. The molecule has 1 spiro atoms. The van der Waals surface area contributed by atoms with Gasteiger partial charge in [0.25, 0.3) is 5.91 Å². The normalized spacial score (nSPS) is 18.9. The van der Waals surface area contributed by atoms with E-state index in [1.165, 1.54) is 13.0 Å². The molecule has 2 fully saturated rings. The zero-order valence-corrected chi connectivity index (χ0v) is 16.8. The quantitative estimate of drug-likeness (QED) is 0.791. The van der Waals surface area contributed by atoms with E-state index in [2.05, 4.69) is 15.2 Å². The first-order chi connectivity index (χ1) is 13.3. The van der Waals surface area contributed by atoms with Crippen LogP contribution in [0.4, 0.5) is 0 Å². The molecule has 2 saturated heterocycles. The molecule has 8 nitrogen and oxygen atoms in total. The number of piperidine rings is 1. The van der Waals surface area contributed by atoms with E-state index < -0.39 is 0 Å². The van der Waals surface area contributed by atoms with Gasteiger partial charge in [0.2, 0.25) is 5.91 Å². The Hall–Kier alpha value is -2.55. The Morgan fingerprint density at radius 2 is 2.07 bits per heavy atom. The van der Waals surface area contributed by atoms with Crippen LogP contribution in [0.2, 0.25) is 0 Å². The molecule has 1 N–H and O–H groups in total. The summed E-state index contributed by atoms with van der Waals surface area (Å²) in [6.07, 6.45) is 2.13. The van der Waals surface area contributed by atoms with Crippen molar-refractivity contribution in [3.63, 3.8) is 0 Å². The van der Waals surface area contributed by atoms with Gasteiger partial charge in [0.1, 0.15) is 11.4 Å². The molecule has 9 heteroatoms. The van der Waals surface area contributed by atoms with Crippen molar-refractivity contribution in [3.8, 4) is 0 Å². The van der Waals surface area contributed by atoms with Crippen LogP contribution in [0.3, 0.4) is 0 Å². The molecule has 0 aromatic carbocycles. The molecule has 0 unspecified atom stereocenters. The van der Waals surface area contributed by atoms with Crippen molar-refractivity contribution in [2.24, 2.45) is 5.41 Å². The summed E-state index contributed by atoms with van der Waals surface area (Å²) in [5.74, 6) is -0.146. The van der Waals surface area contributed by atoms with Gasteiger partial charge in [-0.1, -0.05) is 0 Å². The Kier molecular flexibility index (Phi) is 4.78. The van der Waals surface area contributed by atoms with Gasteiger partial charge in [-0.2, -0.15) is 5.10 Å². The lowest BCUT2D eigenvalue weighted by molar-refractivity contribution is -0.128. The van der Waals surface area contributed by atoms with E-state index in [9.17, 15) is 14.4 Å². The summed E-state index contributed by atoms with van der Waals surface area (Å²) in [5, 5.41) is 9.56. The van der Waals surface area contributed by atoms with Gasteiger partial charge in [-0.3, -0.25) is 19.5 Å². The number of ketones is 1. The van der Waals surface area contributed by atoms with E-state index >= 15 is 0 Å². The Bertz CT molecular complexity index is 926. The number of rotatable bonds is 4. The minimum absolute atomic E-state index is 0.0581. The first kappa shape index (κ1) is 18.8. The number of aromatic amines is 1. The molecule has 148 valence electrons. The van der Waals surface area contributed by atoms with Gasteiger partial charge in [-0.25, -0.2) is 4.98 Å². The maximum Gasteiger partial charge on any atom is 0.271 e. The smallest absolute Gasteiger partial charge is 0.271 e. The van der Waals surface area contributed by atoms with Gasteiger partial charge in [0.15, 0.2) is 5.78 Å². The number of likely N-dealkylation sites (tertiary alicyclic amines) is 2. The summed E-state index contributed by atoms with van der Waals surface area (Å²) in [7, 11) is 0. The van der Waals surface area contributed by atoms with Crippen molar-refractivity contribution >= 4 is 28.9 Å². The molecule has 0 atom stereocenters. The number of hydrogen-bond donors (Lipinski definition) is 1. The third kappa shape index (κ3) is 3.58. The summed E-state index contributed by atoms with van der Waals surface area (Å²) < 4.78 is 0. The Balaban J connectivity index is 1.37. The molecule has 0 saturated carbocycles. The van der Waals surface area contributed by atoms with Gasteiger partial charge < -0.3 is 9.80 Å². The Morgan fingerprint density at radius 1 is 1.32 bits per heavy atom. The molecule has 0 radical (unpaired) electrons. The lowest BCUT2D eigenvalue weighted by Gasteiger charge is -2.38. The topological polar surface area (TPSA) is 99.3 Å². The maximum atomic E-state index is 12.7. The van der Waals surface area contributed by atoms with Crippen LogP contribution in [0.15, 0.2) is 11.4 Å². The van der Waals surface area contributed by atoms with Gasteiger partial charge in [-0.05, 0) is 25.8 Å². The second-order valence-corrected chi connectivity index (χ2v) is 8.86. The van der Waals surface area contributed by atoms with Crippen LogP contribution in [-0.4, -0.2) is 62.2 Å². The number of aryl methyl sites for hydroxylation is 1. The van der Waals surface area contributed by atoms with E-state index in [0.29, 0.717) is 31.7 Å². The maximum absolute atomic E-state index is 12.7. The fraction of sp³-hybridized carbons (Fsp3) is 0.526. The van der Waals surface area contributed by atoms with E-state index in [1.54, 1.807) is 16.2 Å². The molecule has 0 aliphatic carbocycles. The monoisotopic (exact) mass is 401 g/mol. The largest absolute Gasteiger partial charge is 0.337 e. The summed E-state index contributed by atoms with van der Waals surface area (Å²) in [6, 6.07) is 1.51. The molecule has 28 heavy (non-hydrogen) atoms. The lowest BCUT2D eigenvalue weighted by atomic mass is 9.77. The fourth-order valence-corrected chi connectivity index (χ4v) is 4.71. The van der Waals surface area contributed by atoms with Crippen LogP contribution in [0.5, 0.6) is 0 Å². The highest BCUT2D eigenvalue weighted by Crippen LogP contribution is 2.41. The highest BCUT2D eigenvalue weighted by molar-refractivity contribution is 7.09. The molecular weight excluding hydrogens is 378 g/mol. The van der Waals surface area contributed by atoms with E-state index in [0.717, 1.165) is 30.1 Å². The summed E-state index contributed by atoms with van der Waals surface area (Å²) >= 11 is 1.60. The van der Waals surface area contributed by atoms with Gasteiger partial charge >= 0.3 is 0 Å². The number of H-pyrrole nitrogens is 1. The number of aromatic nitrogens is 3. The fourth-order valence-electron chi connectivity index (χ4n) is 4.10. The molecule has 4 heterocycles. The minimum atomic E-state index is -0.173. The van der Waals surface area contributed by atoms with Crippen LogP contribution < -0.4 is 0 Å². The van der Waals surface area contributed by atoms with Crippen LogP contribution in [0.25, 0.3) is 0 Å². The van der Waals surface area contributed by atoms with Crippen LogP contribution in [0.1, 0.15) is 57.9 Å². The highest BCUT2D eigenvalue weighted by atomic mass is 32.1. The number of carbonyl (C=O) groups excluding carboxylic acids is 3. The average molecular weight is 401 g/mol. The van der Waals surface area contributed by atoms with Crippen LogP contribution in [0, 0.1) is 12.3 Å². The van der Waals surface area contributed by atoms with Crippen molar-refractivity contribution in [1.82, 2.24) is 25.0 Å². The van der Waals surface area contributed by atoms with Crippen molar-refractivity contribution < 1.29 is 14.4 Å². The number of nitrogens with zero attached hydrogens (tertiary/aromatic N) is 4. The van der Waals surface area contributed by atoms with E-state index in [-0.39, 0.29) is 28.7 Å². The second kappa shape index (κ2) is 7.12. The number of carbonyl (C=O) groups is 3. The molecule has 0 bridgehead atoms. The van der Waals surface area contributed by atoms with Gasteiger partial charge in [0, 0.05) is 43.8 Å². The molecule has 2 amide bonds. The molecule has 4 rings (SSSR count). The number of amides is 2. The molecule has 2 aromatic heterocycles. The predicted molar refractivity (Wildman–Crippen MR) is 103 cm³/mol. The number of Topliss-reactive ketones (excluding diaryl/α,β-unsaturated/α-hetero) is 1. The average Bonchev–Trinajstić information content (AvgIpc) is 3.36. The first-order valence-corrected chi connectivity index (χ1v) is 10.3. The first-order valence-electron chi connectivity index (χ1n) is 9.40. The second-order valence-electron chi connectivity index (χ2n) is 7.80.